The van der Waals surface area contributed by atoms with Gasteiger partial charge in [-0.05, 0) is 18.2 Å². The minimum absolute atomic E-state index is 0.0891. The summed E-state index contributed by atoms with van der Waals surface area (Å²) in [6.45, 7) is -0.260. The molecule has 0 amide bonds. The van der Waals surface area contributed by atoms with E-state index in [1.54, 1.807) is 31.3 Å². The molecular weight excluding hydrogens is 388 g/mol. The highest BCUT2D eigenvalue weighted by Gasteiger charge is 2.21. The molecule has 0 spiro atoms. The second-order valence-electron chi connectivity index (χ2n) is 6.36. The van der Waals surface area contributed by atoms with Crippen molar-refractivity contribution < 1.29 is 9.90 Å². The van der Waals surface area contributed by atoms with E-state index in [-0.39, 0.29) is 29.4 Å². The Morgan fingerprint density at radius 2 is 1.96 bits per heavy atom. The predicted octanol–water partition coefficient (Wildman–Crippen LogP) is 1.20. The fraction of sp³-hybridized carbons (Fsp3) is 0.176. The van der Waals surface area contributed by atoms with Gasteiger partial charge < -0.3 is 15.4 Å². The van der Waals surface area contributed by atoms with Crippen molar-refractivity contribution >= 4 is 45.7 Å². The molecule has 0 bridgehead atoms. The first-order chi connectivity index (χ1) is 13.2. The van der Waals surface area contributed by atoms with Crippen molar-refractivity contribution in [1.29, 1.82) is 0 Å². The lowest BCUT2D eigenvalue weighted by Gasteiger charge is -2.10. The molecule has 10 nitrogen and oxygen atoms in total. The van der Waals surface area contributed by atoms with Gasteiger partial charge in [-0.25, -0.2) is 14.2 Å². The summed E-state index contributed by atoms with van der Waals surface area (Å²) in [4.78, 5) is 41.6. The molecule has 28 heavy (non-hydrogen) atoms. The topological polar surface area (TPSA) is 130 Å². The van der Waals surface area contributed by atoms with Crippen molar-refractivity contribution in [2.75, 3.05) is 5.73 Å². The number of halogens is 1. The number of carboxylic acid groups (broad SMARTS) is 1. The zero-order chi connectivity index (χ0) is 20.3. The molecule has 0 fully saturated rings. The molecule has 0 saturated carbocycles. The van der Waals surface area contributed by atoms with Crippen LogP contribution >= 0.6 is 11.6 Å². The van der Waals surface area contributed by atoms with Crippen molar-refractivity contribution in [3.05, 3.63) is 55.8 Å². The molecule has 0 radical (unpaired) electrons. The molecule has 0 aliphatic heterocycles. The molecule has 3 aromatic heterocycles. The highest BCUT2D eigenvalue weighted by molar-refractivity contribution is 6.35. The number of aromatic nitrogens is 5. The number of hydrogen-bond donors (Lipinski definition) is 2. The van der Waals surface area contributed by atoms with Gasteiger partial charge in [-0.2, -0.15) is 4.98 Å². The Morgan fingerprint density at radius 1 is 1.25 bits per heavy atom. The van der Waals surface area contributed by atoms with Crippen molar-refractivity contribution in [1.82, 2.24) is 23.3 Å². The molecule has 1 aromatic carbocycles. The maximum absolute atomic E-state index is 13.0. The normalized spacial score (nSPS) is 11.5. The standard InChI is InChI=1S/C17H15ClN6O4/c1-21-12-13(20-15(21)19)22(2)16(26)23(14(12)25)7-8-6-9-10(18)4-3-5-11(9)24(8)17(27)28/h3-6H,7H2,1-2H3,(H2,19,20)(H,27,28). The number of carbonyl (C=O) groups is 1. The Bertz CT molecular complexity index is 1410. The highest BCUT2D eigenvalue weighted by Crippen LogP contribution is 2.27. The summed E-state index contributed by atoms with van der Waals surface area (Å²) in [5.41, 5.74) is 5.42. The van der Waals surface area contributed by atoms with Gasteiger partial charge in [0.1, 0.15) is 0 Å². The van der Waals surface area contributed by atoms with E-state index in [1.165, 1.54) is 16.2 Å². The monoisotopic (exact) mass is 402 g/mol. The average Bonchev–Trinajstić information content (AvgIpc) is 3.16. The van der Waals surface area contributed by atoms with Crippen LogP contribution < -0.4 is 17.0 Å². The molecular formula is C17H15ClN6O4. The van der Waals surface area contributed by atoms with Crippen LogP contribution in [0, 0.1) is 0 Å². The zero-order valence-corrected chi connectivity index (χ0v) is 15.6. The van der Waals surface area contributed by atoms with Gasteiger partial charge >= 0.3 is 11.8 Å². The van der Waals surface area contributed by atoms with Gasteiger partial charge in [0.05, 0.1) is 17.8 Å². The number of rotatable bonds is 2. The number of aryl methyl sites for hydroxylation is 2. The largest absolute Gasteiger partial charge is 0.464 e. The van der Waals surface area contributed by atoms with Crippen LogP contribution in [0.15, 0.2) is 33.9 Å². The molecule has 0 aliphatic rings. The Labute approximate surface area is 161 Å². The van der Waals surface area contributed by atoms with E-state index < -0.39 is 17.3 Å². The lowest BCUT2D eigenvalue weighted by atomic mass is 10.2. The van der Waals surface area contributed by atoms with Crippen molar-refractivity contribution in [2.45, 2.75) is 6.54 Å². The van der Waals surface area contributed by atoms with Gasteiger partial charge in [0.2, 0.25) is 5.95 Å². The van der Waals surface area contributed by atoms with Gasteiger partial charge in [0.15, 0.2) is 11.2 Å². The lowest BCUT2D eigenvalue weighted by Crippen LogP contribution is -2.40. The number of nitrogen functional groups attached to an aromatic ring is 1. The average molecular weight is 403 g/mol. The number of benzene rings is 1. The number of nitrogens with zero attached hydrogens (tertiary/aromatic N) is 5. The van der Waals surface area contributed by atoms with Gasteiger partial charge in [0.25, 0.3) is 5.56 Å². The van der Waals surface area contributed by atoms with Crippen LogP contribution in [0.2, 0.25) is 5.02 Å². The van der Waals surface area contributed by atoms with E-state index >= 15 is 0 Å². The molecule has 0 aliphatic carbocycles. The lowest BCUT2D eigenvalue weighted by molar-refractivity contribution is 0.196. The molecule has 11 heteroatoms. The Kier molecular flexibility index (Phi) is 3.82. The number of imidazole rings is 1. The number of fused-ring (bicyclic) bond motifs is 2. The van der Waals surface area contributed by atoms with Crippen molar-refractivity contribution in [2.24, 2.45) is 14.1 Å². The van der Waals surface area contributed by atoms with Crippen LogP contribution in [-0.2, 0) is 20.6 Å². The molecule has 0 atom stereocenters. The van der Waals surface area contributed by atoms with Crippen LogP contribution in [-0.4, -0.2) is 34.5 Å². The van der Waals surface area contributed by atoms with Gasteiger partial charge in [-0.3, -0.25) is 13.9 Å². The highest BCUT2D eigenvalue weighted by atomic mass is 35.5. The van der Waals surface area contributed by atoms with Gasteiger partial charge in [0, 0.05) is 24.5 Å². The van der Waals surface area contributed by atoms with Gasteiger partial charge in [-0.15, -0.1) is 0 Å². The number of hydrogen-bond acceptors (Lipinski definition) is 5. The van der Waals surface area contributed by atoms with Crippen molar-refractivity contribution in [3.63, 3.8) is 0 Å². The molecule has 4 aromatic rings. The molecule has 0 unspecified atom stereocenters. The molecule has 3 heterocycles. The SMILES string of the molecule is Cn1c(N)nc2c1c(=O)n(Cc1cc3c(Cl)cccc3n1C(=O)O)c(=O)n2C. The second kappa shape index (κ2) is 5.99. The fourth-order valence-corrected chi connectivity index (χ4v) is 3.58. The minimum Gasteiger partial charge on any atom is -0.464 e. The summed E-state index contributed by atoms with van der Waals surface area (Å²) in [7, 11) is 3.03. The van der Waals surface area contributed by atoms with E-state index in [0.29, 0.717) is 15.9 Å². The van der Waals surface area contributed by atoms with Crippen LogP contribution in [0.25, 0.3) is 22.1 Å². The smallest absolute Gasteiger partial charge is 0.416 e. The number of anilines is 1. The Hall–Kier alpha value is -3.53. The second-order valence-corrected chi connectivity index (χ2v) is 6.77. The zero-order valence-electron chi connectivity index (χ0n) is 14.9. The Morgan fingerprint density at radius 3 is 2.64 bits per heavy atom. The first kappa shape index (κ1) is 17.9. The van der Waals surface area contributed by atoms with Crippen LogP contribution in [0.3, 0.4) is 0 Å². The summed E-state index contributed by atoms with van der Waals surface area (Å²) in [5, 5.41) is 10.5. The van der Waals surface area contributed by atoms with Crippen LogP contribution in [0.5, 0.6) is 0 Å². The summed E-state index contributed by atoms with van der Waals surface area (Å²) in [6.07, 6.45) is -1.25. The fourth-order valence-electron chi connectivity index (χ4n) is 3.35. The minimum atomic E-state index is -1.25. The molecule has 144 valence electrons. The maximum atomic E-state index is 13.0. The number of nitrogens with two attached hydrogens (primary N) is 1. The van der Waals surface area contributed by atoms with Crippen LogP contribution in [0.1, 0.15) is 5.69 Å². The quantitative estimate of drug-likeness (QED) is 0.518. The third-order valence-corrected chi connectivity index (χ3v) is 5.10. The third-order valence-electron chi connectivity index (χ3n) is 4.77. The van der Waals surface area contributed by atoms with Gasteiger partial charge in [-0.1, -0.05) is 17.7 Å². The van der Waals surface area contributed by atoms with E-state index in [0.717, 1.165) is 9.13 Å². The first-order valence-corrected chi connectivity index (χ1v) is 8.54. The summed E-state index contributed by atoms with van der Waals surface area (Å²) in [6, 6.07) is 6.42. The van der Waals surface area contributed by atoms with E-state index in [1.807, 2.05) is 0 Å². The Balaban J connectivity index is 2.02. The van der Waals surface area contributed by atoms with Crippen molar-refractivity contribution in [3.8, 4) is 0 Å². The summed E-state index contributed by atoms with van der Waals surface area (Å²) >= 11 is 6.17. The van der Waals surface area contributed by atoms with E-state index in [9.17, 15) is 19.5 Å². The summed E-state index contributed by atoms with van der Waals surface area (Å²) < 4.78 is 4.55. The predicted molar refractivity (Wildman–Crippen MR) is 104 cm³/mol. The molecule has 4 rings (SSSR count). The molecule has 3 N–H and O–H groups in total. The summed E-state index contributed by atoms with van der Waals surface area (Å²) in [5.74, 6) is 0.0891. The third kappa shape index (κ3) is 2.34. The van der Waals surface area contributed by atoms with E-state index in [4.69, 9.17) is 17.3 Å². The van der Waals surface area contributed by atoms with E-state index in [2.05, 4.69) is 4.98 Å². The molecule has 0 saturated heterocycles. The maximum Gasteiger partial charge on any atom is 0.416 e. The first-order valence-electron chi connectivity index (χ1n) is 8.16. The van der Waals surface area contributed by atoms with Crippen LogP contribution in [0.4, 0.5) is 10.7 Å².